The Hall–Kier alpha value is -0.0800. The molecule has 96 valence electrons. The predicted molar refractivity (Wildman–Crippen MR) is 69.7 cm³/mol. The number of nitrogens with one attached hydrogen (secondary N) is 1. The zero-order valence-electron chi connectivity index (χ0n) is 11.5. The minimum atomic E-state index is 0.337. The number of methoxy groups -OCH3 is 1. The van der Waals surface area contributed by atoms with Crippen molar-refractivity contribution in [3.63, 3.8) is 0 Å². The topological polar surface area (TPSA) is 21.3 Å². The molecule has 1 atom stereocenters. The molecule has 2 nitrogen and oxygen atoms in total. The highest BCUT2D eigenvalue weighted by Crippen LogP contribution is 2.27. The summed E-state index contributed by atoms with van der Waals surface area (Å²) in [7, 11) is 1.80. The monoisotopic (exact) mass is 227 g/mol. The van der Waals surface area contributed by atoms with Crippen molar-refractivity contribution in [3.8, 4) is 0 Å². The summed E-state index contributed by atoms with van der Waals surface area (Å²) in [4.78, 5) is 0. The molecule has 0 radical (unpaired) electrons. The Kier molecular flexibility index (Phi) is 5.77. The second-order valence-corrected chi connectivity index (χ2v) is 5.93. The summed E-state index contributed by atoms with van der Waals surface area (Å²) < 4.78 is 5.32. The molecule has 0 aromatic rings. The first-order chi connectivity index (χ1) is 7.57. The number of hydrogen-bond acceptors (Lipinski definition) is 2. The van der Waals surface area contributed by atoms with Crippen LogP contribution in [0.3, 0.4) is 0 Å². The first kappa shape index (κ1) is 14.0. The van der Waals surface area contributed by atoms with E-state index >= 15 is 0 Å². The van der Waals surface area contributed by atoms with Crippen molar-refractivity contribution in [1.29, 1.82) is 0 Å². The third kappa shape index (κ3) is 4.42. The fourth-order valence-corrected chi connectivity index (χ4v) is 2.68. The third-order valence-electron chi connectivity index (χ3n) is 3.89. The van der Waals surface area contributed by atoms with Crippen molar-refractivity contribution >= 4 is 0 Å². The highest BCUT2D eigenvalue weighted by atomic mass is 16.5. The van der Waals surface area contributed by atoms with Crippen LogP contribution >= 0.6 is 0 Å². The minimum Gasteiger partial charge on any atom is -0.383 e. The van der Waals surface area contributed by atoms with Gasteiger partial charge in [0.1, 0.15) is 0 Å². The lowest BCUT2D eigenvalue weighted by Gasteiger charge is -2.36. The maximum absolute atomic E-state index is 5.32. The Morgan fingerprint density at radius 2 is 1.69 bits per heavy atom. The highest BCUT2D eigenvalue weighted by Gasteiger charge is 2.29. The molecule has 1 N–H and O–H groups in total. The van der Waals surface area contributed by atoms with Crippen LogP contribution < -0.4 is 5.32 Å². The van der Waals surface area contributed by atoms with Crippen LogP contribution in [0, 0.1) is 5.92 Å². The number of rotatable bonds is 5. The lowest BCUT2D eigenvalue weighted by atomic mass is 9.90. The second kappa shape index (κ2) is 6.61. The van der Waals surface area contributed by atoms with Crippen molar-refractivity contribution in [3.05, 3.63) is 0 Å². The van der Waals surface area contributed by atoms with Gasteiger partial charge in [-0.25, -0.2) is 0 Å². The molecule has 0 aromatic heterocycles. The summed E-state index contributed by atoms with van der Waals surface area (Å²) in [6, 6.07) is 0.494. The summed E-state index contributed by atoms with van der Waals surface area (Å²) in [6.07, 6.45) is 8.21. The maximum Gasteiger partial charge on any atom is 0.0618 e. The zero-order chi connectivity index (χ0) is 12.0. The van der Waals surface area contributed by atoms with E-state index in [0.29, 0.717) is 17.5 Å². The molecule has 1 rings (SSSR count). The third-order valence-corrected chi connectivity index (χ3v) is 3.89. The van der Waals surface area contributed by atoms with Crippen LogP contribution in [0.25, 0.3) is 0 Å². The molecular weight excluding hydrogens is 198 g/mol. The van der Waals surface area contributed by atoms with Gasteiger partial charge in [0.05, 0.1) is 6.61 Å². The Balaban J connectivity index is 2.52. The van der Waals surface area contributed by atoms with Gasteiger partial charge < -0.3 is 10.1 Å². The molecule has 2 heteroatoms. The molecule has 1 unspecified atom stereocenters. The van der Waals surface area contributed by atoms with Gasteiger partial charge in [-0.15, -0.1) is 0 Å². The Morgan fingerprint density at radius 1 is 1.12 bits per heavy atom. The molecular formula is C14H29NO. The van der Waals surface area contributed by atoms with Gasteiger partial charge in [-0.05, 0) is 25.7 Å². The van der Waals surface area contributed by atoms with E-state index in [9.17, 15) is 0 Å². The summed E-state index contributed by atoms with van der Waals surface area (Å²) in [5.41, 5.74) is 0.337. The lowest BCUT2D eigenvalue weighted by Crippen LogP contribution is -2.51. The van der Waals surface area contributed by atoms with E-state index in [1.54, 1.807) is 7.11 Å². The smallest absolute Gasteiger partial charge is 0.0618 e. The zero-order valence-corrected chi connectivity index (χ0v) is 11.5. The van der Waals surface area contributed by atoms with Gasteiger partial charge in [-0.1, -0.05) is 39.5 Å². The Bertz CT molecular complexity index is 183. The van der Waals surface area contributed by atoms with Crippen LogP contribution in [0.1, 0.15) is 59.3 Å². The standard InChI is InChI=1S/C14H29NO/c1-12(2)13(11-16-4)15-14(3)9-7-5-6-8-10-14/h12-13,15H,5-11H2,1-4H3. The first-order valence-electron chi connectivity index (χ1n) is 6.84. The van der Waals surface area contributed by atoms with E-state index in [4.69, 9.17) is 4.74 Å². The van der Waals surface area contributed by atoms with Gasteiger partial charge in [0.2, 0.25) is 0 Å². The quantitative estimate of drug-likeness (QED) is 0.727. The van der Waals surface area contributed by atoms with Crippen molar-refractivity contribution in [2.75, 3.05) is 13.7 Å². The van der Waals surface area contributed by atoms with Gasteiger partial charge in [-0.2, -0.15) is 0 Å². The number of ether oxygens (including phenoxy) is 1. The average molecular weight is 227 g/mol. The molecule has 0 spiro atoms. The van der Waals surface area contributed by atoms with E-state index in [1.165, 1.54) is 38.5 Å². The van der Waals surface area contributed by atoms with Crippen molar-refractivity contribution in [2.45, 2.75) is 70.9 Å². The van der Waals surface area contributed by atoms with E-state index in [2.05, 4.69) is 26.1 Å². The van der Waals surface area contributed by atoms with Crippen molar-refractivity contribution < 1.29 is 4.74 Å². The van der Waals surface area contributed by atoms with Crippen LogP contribution in [0.5, 0.6) is 0 Å². The largest absolute Gasteiger partial charge is 0.383 e. The molecule has 16 heavy (non-hydrogen) atoms. The number of hydrogen-bond donors (Lipinski definition) is 1. The minimum absolute atomic E-state index is 0.337. The lowest BCUT2D eigenvalue weighted by molar-refractivity contribution is 0.121. The molecule has 0 saturated heterocycles. The maximum atomic E-state index is 5.32. The summed E-state index contributed by atoms with van der Waals surface area (Å²) in [5.74, 6) is 0.639. The van der Waals surface area contributed by atoms with Gasteiger partial charge in [0.25, 0.3) is 0 Å². The van der Waals surface area contributed by atoms with Crippen molar-refractivity contribution in [1.82, 2.24) is 5.32 Å². The van der Waals surface area contributed by atoms with E-state index in [-0.39, 0.29) is 0 Å². The molecule has 1 aliphatic rings. The van der Waals surface area contributed by atoms with Gasteiger partial charge in [0, 0.05) is 18.7 Å². The average Bonchev–Trinajstić information content (AvgIpc) is 2.43. The molecule has 0 heterocycles. The van der Waals surface area contributed by atoms with E-state index in [0.717, 1.165) is 6.61 Å². The predicted octanol–water partition coefficient (Wildman–Crippen LogP) is 3.36. The SMILES string of the molecule is COCC(NC1(C)CCCCCC1)C(C)C. The molecule has 0 aromatic carbocycles. The van der Waals surface area contributed by atoms with Crippen LogP contribution in [0.2, 0.25) is 0 Å². The van der Waals surface area contributed by atoms with E-state index < -0.39 is 0 Å². The summed E-state index contributed by atoms with van der Waals surface area (Å²) in [6.45, 7) is 7.77. The summed E-state index contributed by atoms with van der Waals surface area (Å²) in [5, 5.41) is 3.85. The molecule has 0 aliphatic heterocycles. The fraction of sp³-hybridized carbons (Fsp3) is 1.00. The van der Waals surface area contributed by atoms with Crippen LogP contribution in [0.4, 0.5) is 0 Å². The van der Waals surface area contributed by atoms with Crippen molar-refractivity contribution in [2.24, 2.45) is 5.92 Å². The molecule has 1 saturated carbocycles. The van der Waals surface area contributed by atoms with Gasteiger partial charge >= 0.3 is 0 Å². The van der Waals surface area contributed by atoms with Crippen LogP contribution in [0.15, 0.2) is 0 Å². The van der Waals surface area contributed by atoms with E-state index in [1.807, 2.05) is 0 Å². The highest BCUT2D eigenvalue weighted by molar-refractivity contribution is 4.89. The van der Waals surface area contributed by atoms with Gasteiger partial charge in [-0.3, -0.25) is 0 Å². The molecule has 1 aliphatic carbocycles. The van der Waals surface area contributed by atoms with Gasteiger partial charge in [0.15, 0.2) is 0 Å². The molecule has 0 bridgehead atoms. The first-order valence-corrected chi connectivity index (χ1v) is 6.84. The molecule has 0 amide bonds. The molecule has 1 fully saturated rings. The normalized spacial score (nSPS) is 23.1. The van der Waals surface area contributed by atoms with Crippen LogP contribution in [-0.2, 0) is 4.74 Å². The van der Waals surface area contributed by atoms with Crippen LogP contribution in [-0.4, -0.2) is 25.3 Å². The second-order valence-electron chi connectivity index (χ2n) is 5.93. The Morgan fingerprint density at radius 3 is 2.12 bits per heavy atom. The summed E-state index contributed by atoms with van der Waals surface area (Å²) >= 11 is 0. The fourth-order valence-electron chi connectivity index (χ4n) is 2.68. The Labute approximate surface area is 101 Å².